The van der Waals surface area contributed by atoms with Gasteiger partial charge in [0.15, 0.2) is 0 Å². The SMILES string of the molecule is CNCC1CCCN(C(=O)c2cccc(Oc3ccccc3)c2)C1. The van der Waals surface area contributed by atoms with E-state index in [-0.39, 0.29) is 5.91 Å². The van der Waals surface area contributed by atoms with E-state index in [9.17, 15) is 4.79 Å². The molecule has 0 aromatic heterocycles. The maximum absolute atomic E-state index is 12.8. The molecule has 1 aliphatic rings. The quantitative estimate of drug-likeness (QED) is 0.914. The molecule has 1 aliphatic heterocycles. The van der Waals surface area contributed by atoms with Crippen molar-refractivity contribution in [3.63, 3.8) is 0 Å². The van der Waals surface area contributed by atoms with Crippen LogP contribution in [0.15, 0.2) is 54.6 Å². The normalized spacial score (nSPS) is 17.5. The minimum Gasteiger partial charge on any atom is -0.457 e. The number of piperidine rings is 1. The molecule has 0 spiro atoms. The fourth-order valence-corrected chi connectivity index (χ4v) is 3.20. The average molecular weight is 324 g/mol. The molecule has 1 saturated heterocycles. The average Bonchev–Trinajstić information content (AvgIpc) is 2.63. The van der Waals surface area contributed by atoms with Gasteiger partial charge in [0, 0.05) is 18.7 Å². The van der Waals surface area contributed by atoms with Crippen molar-refractivity contribution in [2.75, 3.05) is 26.7 Å². The summed E-state index contributed by atoms with van der Waals surface area (Å²) in [4.78, 5) is 14.8. The van der Waals surface area contributed by atoms with E-state index in [1.54, 1.807) is 0 Å². The molecular weight excluding hydrogens is 300 g/mol. The van der Waals surface area contributed by atoms with Gasteiger partial charge in [-0.3, -0.25) is 4.79 Å². The topological polar surface area (TPSA) is 41.6 Å². The third-order valence-corrected chi connectivity index (χ3v) is 4.36. The van der Waals surface area contributed by atoms with Crippen molar-refractivity contribution < 1.29 is 9.53 Å². The van der Waals surface area contributed by atoms with Crippen molar-refractivity contribution in [2.45, 2.75) is 12.8 Å². The minimum atomic E-state index is 0.0920. The number of carbonyl (C=O) groups excluding carboxylic acids is 1. The summed E-state index contributed by atoms with van der Waals surface area (Å²) in [5, 5.41) is 3.22. The predicted molar refractivity (Wildman–Crippen MR) is 95.5 cm³/mol. The van der Waals surface area contributed by atoms with Crippen LogP contribution >= 0.6 is 0 Å². The highest BCUT2D eigenvalue weighted by molar-refractivity contribution is 5.94. The smallest absolute Gasteiger partial charge is 0.253 e. The lowest BCUT2D eigenvalue weighted by Crippen LogP contribution is -2.42. The molecule has 4 nitrogen and oxygen atoms in total. The van der Waals surface area contributed by atoms with Gasteiger partial charge in [0.25, 0.3) is 5.91 Å². The molecule has 1 amide bonds. The Bertz CT molecular complexity index is 670. The number of likely N-dealkylation sites (tertiary alicyclic amines) is 1. The van der Waals surface area contributed by atoms with E-state index in [0.29, 0.717) is 17.2 Å². The van der Waals surface area contributed by atoms with Gasteiger partial charge in [-0.15, -0.1) is 0 Å². The summed E-state index contributed by atoms with van der Waals surface area (Å²) in [5.41, 5.74) is 0.688. The third kappa shape index (κ3) is 4.15. The highest BCUT2D eigenvalue weighted by Gasteiger charge is 2.24. The lowest BCUT2D eigenvalue weighted by atomic mass is 9.97. The molecule has 1 unspecified atom stereocenters. The molecule has 1 heterocycles. The first-order valence-corrected chi connectivity index (χ1v) is 8.53. The summed E-state index contributed by atoms with van der Waals surface area (Å²) in [6.07, 6.45) is 2.25. The van der Waals surface area contributed by atoms with Crippen LogP contribution in [0.1, 0.15) is 23.2 Å². The molecule has 0 radical (unpaired) electrons. The van der Waals surface area contributed by atoms with Gasteiger partial charge in [0.05, 0.1) is 0 Å². The van der Waals surface area contributed by atoms with Gasteiger partial charge >= 0.3 is 0 Å². The maximum Gasteiger partial charge on any atom is 0.253 e. The minimum absolute atomic E-state index is 0.0920. The zero-order valence-electron chi connectivity index (χ0n) is 14.1. The largest absolute Gasteiger partial charge is 0.457 e. The first kappa shape index (κ1) is 16.5. The van der Waals surface area contributed by atoms with Gasteiger partial charge in [-0.1, -0.05) is 24.3 Å². The Balaban J connectivity index is 1.70. The Hall–Kier alpha value is -2.33. The fraction of sp³-hybridized carbons (Fsp3) is 0.350. The summed E-state index contributed by atoms with van der Waals surface area (Å²) in [6, 6.07) is 17.1. The van der Waals surface area contributed by atoms with Crippen molar-refractivity contribution >= 4 is 5.91 Å². The Morgan fingerprint density at radius 1 is 1.17 bits per heavy atom. The Labute approximate surface area is 143 Å². The van der Waals surface area contributed by atoms with Crippen molar-refractivity contribution in [3.8, 4) is 11.5 Å². The van der Waals surface area contributed by atoms with E-state index < -0.39 is 0 Å². The molecular formula is C20H24N2O2. The summed E-state index contributed by atoms with van der Waals surface area (Å²) < 4.78 is 5.84. The van der Waals surface area contributed by atoms with Crippen LogP contribution < -0.4 is 10.1 Å². The number of hydrogen-bond acceptors (Lipinski definition) is 3. The van der Waals surface area contributed by atoms with Crippen molar-refractivity contribution in [3.05, 3.63) is 60.2 Å². The Morgan fingerprint density at radius 3 is 2.75 bits per heavy atom. The lowest BCUT2D eigenvalue weighted by molar-refractivity contribution is 0.0674. The molecule has 0 bridgehead atoms. The zero-order chi connectivity index (χ0) is 16.8. The van der Waals surface area contributed by atoms with Gasteiger partial charge in [-0.2, -0.15) is 0 Å². The Kier molecular flexibility index (Phi) is 5.49. The number of benzene rings is 2. The van der Waals surface area contributed by atoms with Gasteiger partial charge in [-0.05, 0) is 62.7 Å². The number of nitrogens with zero attached hydrogens (tertiary/aromatic N) is 1. The number of carbonyl (C=O) groups is 1. The number of para-hydroxylation sites is 1. The van der Waals surface area contributed by atoms with E-state index in [0.717, 1.165) is 31.8 Å². The molecule has 2 aromatic rings. The van der Waals surface area contributed by atoms with Crippen LogP contribution in [0.5, 0.6) is 11.5 Å². The van der Waals surface area contributed by atoms with E-state index in [4.69, 9.17) is 4.74 Å². The summed E-state index contributed by atoms with van der Waals surface area (Å²) in [5.74, 6) is 2.09. The second kappa shape index (κ2) is 7.97. The summed E-state index contributed by atoms with van der Waals surface area (Å²) in [7, 11) is 1.96. The third-order valence-electron chi connectivity index (χ3n) is 4.36. The summed E-state index contributed by atoms with van der Waals surface area (Å²) >= 11 is 0. The standard InChI is InChI=1S/C20H24N2O2/c1-21-14-16-7-6-12-22(15-16)20(23)17-8-5-11-19(13-17)24-18-9-3-2-4-10-18/h2-5,8-11,13,16,21H,6-7,12,14-15H2,1H3. The first-order valence-electron chi connectivity index (χ1n) is 8.53. The monoisotopic (exact) mass is 324 g/mol. The second-order valence-corrected chi connectivity index (χ2v) is 6.26. The van der Waals surface area contributed by atoms with E-state index in [1.165, 1.54) is 6.42 Å². The molecule has 1 atom stereocenters. The van der Waals surface area contributed by atoms with Crippen LogP contribution in [0.2, 0.25) is 0 Å². The van der Waals surface area contributed by atoms with E-state index in [1.807, 2.05) is 66.5 Å². The van der Waals surface area contributed by atoms with Crippen LogP contribution in [0, 0.1) is 5.92 Å². The molecule has 1 fully saturated rings. The zero-order valence-corrected chi connectivity index (χ0v) is 14.1. The molecule has 0 aliphatic carbocycles. The van der Waals surface area contributed by atoms with E-state index >= 15 is 0 Å². The highest BCUT2D eigenvalue weighted by Crippen LogP contribution is 2.24. The molecule has 3 rings (SSSR count). The van der Waals surface area contributed by atoms with Gasteiger partial charge in [0.1, 0.15) is 11.5 Å². The fourth-order valence-electron chi connectivity index (χ4n) is 3.20. The second-order valence-electron chi connectivity index (χ2n) is 6.26. The molecule has 126 valence electrons. The maximum atomic E-state index is 12.8. The van der Waals surface area contributed by atoms with Crippen LogP contribution in [0.3, 0.4) is 0 Å². The van der Waals surface area contributed by atoms with Gasteiger partial charge in [-0.25, -0.2) is 0 Å². The molecule has 4 heteroatoms. The van der Waals surface area contributed by atoms with Crippen molar-refractivity contribution in [2.24, 2.45) is 5.92 Å². The van der Waals surface area contributed by atoms with Crippen molar-refractivity contribution in [1.29, 1.82) is 0 Å². The van der Waals surface area contributed by atoms with Crippen molar-refractivity contribution in [1.82, 2.24) is 10.2 Å². The predicted octanol–water partition coefficient (Wildman–Crippen LogP) is 3.55. The molecule has 24 heavy (non-hydrogen) atoms. The van der Waals surface area contributed by atoms with Crippen LogP contribution in [-0.2, 0) is 0 Å². The number of hydrogen-bond donors (Lipinski definition) is 1. The summed E-state index contributed by atoms with van der Waals surface area (Å²) in [6.45, 7) is 2.62. The van der Waals surface area contributed by atoms with Crippen LogP contribution in [0.25, 0.3) is 0 Å². The lowest BCUT2D eigenvalue weighted by Gasteiger charge is -2.32. The molecule has 0 saturated carbocycles. The number of ether oxygens (including phenoxy) is 1. The highest BCUT2D eigenvalue weighted by atomic mass is 16.5. The molecule has 1 N–H and O–H groups in total. The van der Waals surface area contributed by atoms with E-state index in [2.05, 4.69) is 5.32 Å². The number of rotatable bonds is 5. The Morgan fingerprint density at radius 2 is 1.96 bits per heavy atom. The molecule has 2 aromatic carbocycles. The first-order chi connectivity index (χ1) is 11.8. The number of nitrogens with one attached hydrogen (secondary N) is 1. The van der Waals surface area contributed by atoms with Gasteiger partial charge in [0.2, 0.25) is 0 Å². The number of amides is 1. The van der Waals surface area contributed by atoms with Crippen LogP contribution in [0.4, 0.5) is 0 Å². The van der Waals surface area contributed by atoms with Crippen LogP contribution in [-0.4, -0.2) is 37.5 Å². The van der Waals surface area contributed by atoms with Gasteiger partial charge < -0.3 is 15.0 Å².